The Hall–Kier alpha value is -2.89. The molecule has 3 aromatic rings. The molecule has 0 saturated carbocycles. The van der Waals surface area contributed by atoms with Gasteiger partial charge >= 0.3 is 0 Å². The van der Waals surface area contributed by atoms with Crippen LogP contribution in [0.5, 0.6) is 11.5 Å². The topological polar surface area (TPSA) is 32.8 Å². The first-order valence-corrected chi connectivity index (χ1v) is 11.2. The second-order valence-electron chi connectivity index (χ2n) is 8.48. The van der Waals surface area contributed by atoms with Gasteiger partial charge in [0.05, 0.1) is 0 Å². The van der Waals surface area contributed by atoms with Gasteiger partial charge in [-0.1, -0.05) is 35.9 Å². The highest BCUT2D eigenvalue weighted by Gasteiger charge is 2.47. The zero-order chi connectivity index (χ0) is 22.2. The maximum absolute atomic E-state index is 13.3. The number of benzene rings is 3. The van der Waals surface area contributed by atoms with Gasteiger partial charge in [0, 0.05) is 47.9 Å². The first kappa shape index (κ1) is 21.0. The van der Waals surface area contributed by atoms with Crippen LogP contribution in [0.3, 0.4) is 0 Å². The number of hydrogen-bond acceptors (Lipinski definition) is 3. The van der Waals surface area contributed by atoms with Crippen LogP contribution in [0.15, 0.2) is 72.8 Å². The fraction of sp³-hybridized carbons (Fsp3) is 0.269. The Kier molecular flexibility index (Phi) is 5.62. The van der Waals surface area contributed by atoms with Gasteiger partial charge in [-0.15, -0.1) is 0 Å². The van der Waals surface area contributed by atoms with E-state index in [9.17, 15) is 9.18 Å². The normalized spacial score (nSPS) is 21.0. The Labute approximate surface area is 192 Å². The van der Waals surface area contributed by atoms with Crippen LogP contribution in [0.25, 0.3) is 0 Å². The van der Waals surface area contributed by atoms with E-state index in [2.05, 4.69) is 17.9 Å². The Morgan fingerprint density at radius 2 is 1.78 bits per heavy atom. The number of carbonyl (C=O) groups excluding carboxylic acids is 1. The molecule has 3 aromatic carbocycles. The molecule has 2 fully saturated rings. The summed E-state index contributed by atoms with van der Waals surface area (Å²) in [6.45, 7) is 3.76. The van der Waals surface area contributed by atoms with E-state index < -0.39 is 0 Å². The average molecular weight is 451 g/mol. The molecule has 6 heteroatoms. The lowest BCUT2D eigenvalue weighted by atomic mass is 10.1. The average Bonchev–Trinajstić information content (AvgIpc) is 3.40. The second-order valence-corrected chi connectivity index (χ2v) is 8.89. The van der Waals surface area contributed by atoms with Gasteiger partial charge in [-0.25, -0.2) is 4.39 Å². The highest BCUT2D eigenvalue weighted by Crippen LogP contribution is 2.39. The molecule has 2 heterocycles. The Morgan fingerprint density at radius 3 is 2.47 bits per heavy atom. The van der Waals surface area contributed by atoms with Crippen LogP contribution in [0.4, 0.5) is 4.39 Å². The molecule has 1 amide bonds. The van der Waals surface area contributed by atoms with Crippen molar-refractivity contribution < 1.29 is 13.9 Å². The van der Waals surface area contributed by atoms with Crippen LogP contribution in [0.1, 0.15) is 35.3 Å². The zero-order valence-corrected chi connectivity index (χ0v) is 18.5. The summed E-state index contributed by atoms with van der Waals surface area (Å²) in [6, 6.07) is 21.8. The van der Waals surface area contributed by atoms with Crippen LogP contribution in [-0.2, 0) is 0 Å². The molecule has 0 N–H and O–H groups in total. The number of amides is 1. The van der Waals surface area contributed by atoms with E-state index in [-0.39, 0.29) is 23.8 Å². The molecule has 2 aliphatic rings. The van der Waals surface area contributed by atoms with Crippen molar-refractivity contribution in [1.82, 2.24) is 9.80 Å². The van der Waals surface area contributed by atoms with Gasteiger partial charge in [0.25, 0.3) is 5.91 Å². The number of nitrogens with zero attached hydrogens (tertiary/aromatic N) is 2. The monoisotopic (exact) mass is 450 g/mol. The van der Waals surface area contributed by atoms with E-state index in [0.717, 1.165) is 30.1 Å². The summed E-state index contributed by atoms with van der Waals surface area (Å²) in [5.74, 6) is 0.680. The van der Waals surface area contributed by atoms with Crippen molar-refractivity contribution in [3.8, 4) is 11.5 Å². The smallest absolute Gasteiger partial charge is 0.254 e. The van der Waals surface area contributed by atoms with E-state index in [1.165, 1.54) is 12.1 Å². The number of carbonyl (C=O) groups is 1. The lowest BCUT2D eigenvalue weighted by Gasteiger charge is -2.38. The van der Waals surface area contributed by atoms with Crippen LogP contribution < -0.4 is 4.74 Å². The summed E-state index contributed by atoms with van der Waals surface area (Å²) < 4.78 is 19.0. The molecule has 5 rings (SSSR count). The van der Waals surface area contributed by atoms with E-state index in [0.29, 0.717) is 23.1 Å². The standard InChI is InChI=1S/C26H24ClFN2O2/c1-17(24-7-2-3-8-25(24)27)29-15-21-14-20(29)16-30(21)26(31)18-9-11-22(12-10-18)32-23-6-4-5-19(28)13-23/h2-13,17,20-21H,14-16H2,1H3. The predicted octanol–water partition coefficient (Wildman–Crippen LogP) is 5.93. The largest absolute Gasteiger partial charge is 0.457 e. The van der Waals surface area contributed by atoms with Crippen LogP contribution in [-0.4, -0.2) is 40.9 Å². The Bertz CT molecular complexity index is 1140. The molecule has 3 unspecified atom stereocenters. The first-order chi connectivity index (χ1) is 15.5. The third-order valence-electron chi connectivity index (χ3n) is 6.53. The van der Waals surface area contributed by atoms with Gasteiger partial charge in [0.1, 0.15) is 17.3 Å². The number of piperazine rings is 1. The highest BCUT2D eigenvalue weighted by molar-refractivity contribution is 6.31. The molecule has 0 spiro atoms. The molecule has 2 bridgehead atoms. The molecule has 2 aliphatic heterocycles. The molecule has 164 valence electrons. The molecule has 32 heavy (non-hydrogen) atoms. The minimum atomic E-state index is -0.351. The molecule has 4 nitrogen and oxygen atoms in total. The van der Waals surface area contributed by atoms with Gasteiger partial charge in [-0.3, -0.25) is 9.69 Å². The summed E-state index contributed by atoms with van der Waals surface area (Å²) >= 11 is 6.41. The SMILES string of the molecule is CC(c1ccccc1Cl)N1CC2CC1CN2C(=O)c1ccc(Oc2cccc(F)c2)cc1. The van der Waals surface area contributed by atoms with Crippen LogP contribution in [0.2, 0.25) is 5.02 Å². The minimum Gasteiger partial charge on any atom is -0.457 e. The number of fused-ring (bicyclic) bond motifs is 2. The molecule has 0 aliphatic carbocycles. The second kappa shape index (κ2) is 8.57. The van der Waals surface area contributed by atoms with Crippen molar-refractivity contribution in [2.24, 2.45) is 0 Å². The third-order valence-corrected chi connectivity index (χ3v) is 6.87. The van der Waals surface area contributed by atoms with E-state index >= 15 is 0 Å². The number of hydrogen-bond donors (Lipinski definition) is 0. The molecule has 3 atom stereocenters. The van der Waals surface area contributed by atoms with Crippen LogP contribution >= 0.6 is 11.6 Å². The van der Waals surface area contributed by atoms with Crippen molar-refractivity contribution in [2.75, 3.05) is 13.1 Å². The minimum absolute atomic E-state index is 0.0415. The fourth-order valence-corrected chi connectivity index (χ4v) is 5.20. The molecule has 0 radical (unpaired) electrons. The first-order valence-electron chi connectivity index (χ1n) is 10.8. The van der Waals surface area contributed by atoms with Gasteiger partial charge in [-0.2, -0.15) is 0 Å². The molecular formula is C26H24ClFN2O2. The van der Waals surface area contributed by atoms with Gasteiger partial charge < -0.3 is 9.64 Å². The van der Waals surface area contributed by atoms with Gasteiger partial charge in [-0.05, 0) is 61.4 Å². The summed E-state index contributed by atoms with van der Waals surface area (Å²) in [5.41, 5.74) is 1.77. The zero-order valence-electron chi connectivity index (χ0n) is 17.7. The van der Waals surface area contributed by atoms with E-state index in [4.69, 9.17) is 16.3 Å². The quantitative estimate of drug-likeness (QED) is 0.483. The highest BCUT2D eigenvalue weighted by atomic mass is 35.5. The number of ether oxygens (including phenoxy) is 1. The maximum Gasteiger partial charge on any atom is 0.254 e. The van der Waals surface area contributed by atoms with Crippen molar-refractivity contribution in [3.63, 3.8) is 0 Å². The van der Waals surface area contributed by atoms with Crippen molar-refractivity contribution in [3.05, 3.63) is 94.8 Å². The third kappa shape index (κ3) is 3.98. The van der Waals surface area contributed by atoms with Crippen LogP contribution in [0, 0.1) is 5.82 Å². The van der Waals surface area contributed by atoms with Gasteiger partial charge in [0.2, 0.25) is 0 Å². The summed E-state index contributed by atoms with van der Waals surface area (Å²) in [4.78, 5) is 17.6. The number of likely N-dealkylation sites (tertiary alicyclic amines) is 2. The summed E-state index contributed by atoms with van der Waals surface area (Å²) in [7, 11) is 0. The summed E-state index contributed by atoms with van der Waals surface area (Å²) in [5, 5.41) is 0.788. The Balaban J connectivity index is 1.24. The lowest BCUT2D eigenvalue weighted by Crippen LogP contribution is -2.49. The molecule has 2 saturated heterocycles. The van der Waals surface area contributed by atoms with E-state index in [1.807, 2.05) is 23.1 Å². The molecular weight excluding hydrogens is 427 g/mol. The molecule has 0 aromatic heterocycles. The van der Waals surface area contributed by atoms with E-state index in [1.54, 1.807) is 36.4 Å². The van der Waals surface area contributed by atoms with Crippen molar-refractivity contribution in [2.45, 2.75) is 31.5 Å². The Morgan fingerprint density at radius 1 is 1.00 bits per heavy atom. The fourth-order valence-electron chi connectivity index (χ4n) is 4.91. The number of halogens is 2. The lowest BCUT2D eigenvalue weighted by molar-refractivity contribution is 0.0569. The maximum atomic E-state index is 13.3. The summed E-state index contributed by atoms with van der Waals surface area (Å²) in [6.07, 6.45) is 0.987. The van der Waals surface area contributed by atoms with Gasteiger partial charge in [0.15, 0.2) is 0 Å². The van der Waals surface area contributed by atoms with Crippen molar-refractivity contribution >= 4 is 17.5 Å². The number of rotatable bonds is 5. The predicted molar refractivity (Wildman–Crippen MR) is 123 cm³/mol. The van der Waals surface area contributed by atoms with Crippen molar-refractivity contribution in [1.29, 1.82) is 0 Å².